The number of anilines is 1. The van der Waals surface area contributed by atoms with Gasteiger partial charge in [-0.15, -0.1) is 0 Å². The Bertz CT molecular complexity index is 449. The Morgan fingerprint density at radius 3 is 2.84 bits per heavy atom. The zero-order valence-electron chi connectivity index (χ0n) is 11.5. The Labute approximate surface area is 117 Å². The van der Waals surface area contributed by atoms with Crippen LogP contribution in [0.25, 0.3) is 0 Å². The maximum Gasteiger partial charge on any atom is 0.236 e. The second-order valence-corrected chi connectivity index (χ2v) is 6.22. The third-order valence-corrected chi connectivity index (χ3v) is 4.43. The number of rotatable bonds is 7. The molecule has 1 aromatic rings. The Hall–Kier alpha value is -1.20. The SMILES string of the molecule is CCC(C)CS(=O)CC(=O)Nc1cccc(CN)c1. The summed E-state index contributed by atoms with van der Waals surface area (Å²) in [4.78, 5) is 11.8. The van der Waals surface area contributed by atoms with Gasteiger partial charge in [0.05, 0.1) is 0 Å². The molecule has 2 atom stereocenters. The fourth-order valence-electron chi connectivity index (χ4n) is 1.61. The normalized spacial score (nSPS) is 13.8. The van der Waals surface area contributed by atoms with Crippen LogP contribution >= 0.6 is 0 Å². The molecule has 1 rings (SSSR count). The lowest BCUT2D eigenvalue weighted by atomic mass is 10.2. The number of amides is 1. The van der Waals surface area contributed by atoms with Crippen LogP contribution in [-0.2, 0) is 22.1 Å². The van der Waals surface area contributed by atoms with Gasteiger partial charge in [-0.05, 0) is 23.6 Å². The average molecular weight is 282 g/mol. The lowest BCUT2D eigenvalue weighted by Gasteiger charge is -2.09. The van der Waals surface area contributed by atoms with Gasteiger partial charge in [0, 0.05) is 28.8 Å². The number of carbonyl (C=O) groups excluding carboxylic acids is 1. The summed E-state index contributed by atoms with van der Waals surface area (Å²) < 4.78 is 11.8. The monoisotopic (exact) mass is 282 g/mol. The molecular weight excluding hydrogens is 260 g/mol. The van der Waals surface area contributed by atoms with E-state index >= 15 is 0 Å². The predicted octanol–water partition coefficient (Wildman–Crippen LogP) is 1.88. The summed E-state index contributed by atoms with van der Waals surface area (Å²) in [6, 6.07) is 7.37. The molecule has 1 amide bonds. The van der Waals surface area contributed by atoms with Crippen LogP contribution in [0.15, 0.2) is 24.3 Å². The quantitative estimate of drug-likeness (QED) is 0.802. The molecular formula is C14H22N2O2S. The van der Waals surface area contributed by atoms with E-state index in [0.29, 0.717) is 23.9 Å². The van der Waals surface area contributed by atoms with E-state index in [1.54, 1.807) is 6.07 Å². The predicted molar refractivity (Wildman–Crippen MR) is 80.3 cm³/mol. The highest BCUT2D eigenvalue weighted by Gasteiger charge is 2.11. The van der Waals surface area contributed by atoms with Crippen LogP contribution in [0.4, 0.5) is 5.69 Å². The van der Waals surface area contributed by atoms with Crippen molar-refractivity contribution in [3.63, 3.8) is 0 Å². The maximum absolute atomic E-state index is 11.8. The molecule has 0 aromatic heterocycles. The Balaban J connectivity index is 2.48. The van der Waals surface area contributed by atoms with Gasteiger partial charge in [0.2, 0.25) is 5.91 Å². The van der Waals surface area contributed by atoms with Crippen LogP contribution in [0, 0.1) is 5.92 Å². The summed E-state index contributed by atoms with van der Waals surface area (Å²) in [6.45, 7) is 4.53. The minimum Gasteiger partial charge on any atom is -0.326 e. The smallest absolute Gasteiger partial charge is 0.236 e. The average Bonchev–Trinajstić information content (AvgIpc) is 2.38. The maximum atomic E-state index is 11.8. The first-order valence-corrected chi connectivity index (χ1v) is 7.97. The summed E-state index contributed by atoms with van der Waals surface area (Å²) in [5.41, 5.74) is 7.20. The molecule has 3 N–H and O–H groups in total. The molecule has 5 heteroatoms. The molecule has 19 heavy (non-hydrogen) atoms. The molecule has 0 bridgehead atoms. The van der Waals surface area contributed by atoms with Gasteiger partial charge >= 0.3 is 0 Å². The van der Waals surface area contributed by atoms with E-state index in [9.17, 15) is 9.00 Å². The fraction of sp³-hybridized carbons (Fsp3) is 0.500. The van der Waals surface area contributed by atoms with Crippen molar-refractivity contribution in [2.75, 3.05) is 16.8 Å². The van der Waals surface area contributed by atoms with Crippen LogP contribution in [0.3, 0.4) is 0 Å². The number of hydrogen-bond acceptors (Lipinski definition) is 3. The second-order valence-electron chi connectivity index (χ2n) is 4.72. The van der Waals surface area contributed by atoms with Gasteiger partial charge in [0.15, 0.2) is 0 Å². The van der Waals surface area contributed by atoms with Gasteiger partial charge in [-0.3, -0.25) is 9.00 Å². The summed E-state index contributed by atoms with van der Waals surface area (Å²) in [5.74, 6) is 0.800. The second kappa shape index (κ2) is 8.07. The minimum atomic E-state index is -1.10. The molecule has 0 saturated heterocycles. The molecule has 0 saturated carbocycles. The van der Waals surface area contributed by atoms with Crippen molar-refractivity contribution < 1.29 is 9.00 Å². The molecule has 2 unspecified atom stereocenters. The highest BCUT2D eigenvalue weighted by molar-refractivity contribution is 7.85. The Morgan fingerprint density at radius 2 is 2.21 bits per heavy atom. The van der Waals surface area contributed by atoms with Crippen LogP contribution in [0.2, 0.25) is 0 Å². The highest BCUT2D eigenvalue weighted by atomic mass is 32.2. The third kappa shape index (κ3) is 5.98. The van der Waals surface area contributed by atoms with Crippen molar-refractivity contribution in [3.8, 4) is 0 Å². The minimum absolute atomic E-state index is 0.0528. The van der Waals surface area contributed by atoms with Crippen LogP contribution < -0.4 is 11.1 Å². The zero-order valence-corrected chi connectivity index (χ0v) is 12.3. The fourth-order valence-corrected chi connectivity index (χ4v) is 2.97. The first-order valence-electron chi connectivity index (χ1n) is 6.49. The molecule has 106 valence electrons. The van der Waals surface area contributed by atoms with Crippen molar-refractivity contribution in [2.45, 2.75) is 26.8 Å². The molecule has 0 spiro atoms. The van der Waals surface area contributed by atoms with Crippen LogP contribution in [-0.4, -0.2) is 21.6 Å². The van der Waals surface area contributed by atoms with E-state index in [0.717, 1.165) is 12.0 Å². The number of nitrogens with two attached hydrogens (primary N) is 1. The molecule has 0 aliphatic rings. The van der Waals surface area contributed by atoms with Crippen molar-refractivity contribution in [2.24, 2.45) is 11.7 Å². The molecule has 4 nitrogen and oxygen atoms in total. The molecule has 0 heterocycles. The first kappa shape index (κ1) is 15.9. The van der Waals surface area contributed by atoms with Crippen molar-refractivity contribution in [1.29, 1.82) is 0 Å². The van der Waals surface area contributed by atoms with Crippen molar-refractivity contribution in [3.05, 3.63) is 29.8 Å². The summed E-state index contributed by atoms with van der Waals surface area (Å²) in [7, 11) is -1.10. The Morgan fingerprint density at radius 1 is 1.47 bits per heavy atom. The van der Waals surface area contributed by atoms with Gasteiger partial charge in [0.25, 0.3) is 0 Å². The standard InChI is InChI=1S/C14H22N2O2S/c1-3-11(2)9-19(18)10-14(17)16-13-6-4-5-12(7-13)8-15/h4-7,11H,3,8-10,15H2,1-2H3,(H,16,17). The van der Waals surface area contributed by atoms with E-state index < -0.39 is 10.8 Å². The van der Waals surface area contributed by atoms with E-state index in [1.165, 1.54) is 0 Å². The Kier molecular flexibility index (Phi) is 6.73. The lowest BCUT2D eigenvalue weighted by molar-refractivity contribution is -0.113. The van der Waals surface area contributed by atoms with Gasteiger partial charge < -0.3 is 11.1 Å². The van der Waals surface area contributed by atoms with Crippen LogP contribution in [0.1, 0.15) is 25.8 Å². The van der Waals surface area contributed by atoms with Gasteiger partial charge in [-0.1, -0.05) is 32.4 Å². The highest BCUT2D eigenvalue weighted by Crippen LogP contribution is 2.10. The topological polar surface area (TPSA) is 72.2 Å². The summed E-state index contributed by atoms with van der Waals surface area (Å²) >= 11 is 0. The first-order chi connectivity index (χ1) is 9.05. The van der Waals surface area contributed by atoms with Crippen molar-refractivity contribution >= 4 is 22.4 Å². The lowest BCUT2D eigenvalue weighted by Crippen LogP contribution is -2.22. The molecule has 0 fully saturated rings. The molecule has 0 aliphatic heterocycles. The number of carbonyl (C=O) groups is 1. The van der Waals surface area contributed by atoms with Gasteiger partial charge in [-0.2, -0.15) is 0 Å². The van der Waals surface area contributed by atoms with Crippen molar-refractivity contribution in [1.82, 2.24) is 0 Å². The van der Waals surface area contributed by atoms with E-state index in [2.05, 4.69) is 12.2 Å². The molecule has 1 aromatic carbocycles. The third-order valence-electron chi connectivity index (χ3n) is 2.91. The number of nitrogens with one attached hydrogen (secondary N) is 1. The number of benzene rings is 1. The summed E-state index contributed by atoms with van der Waals surface area (Å²) in [5, 5.41) is 2.75. The van der Waals surface area contributed by atoms with Crippen LogP contribution in [0.5, 0.6) is 0 Å². The number of hydrogen-bond donors (Lipinski definition) is 2. The largest absolute Gasteiger partial charge is 0.326 e. The zero-order chi connectivity index (χ0) is 14.3. The van der Waals surface area contributed by atoms with E-state index in [4.69, 9.17) is 5.73 Å². The van der Waals surface area contributed by atoms with Gasteiger partial charge in [-0.25, -0.2) is 0 Å². The van der Waals surface area contributed by atoms with E-state index in [1.807, 2.05) is 25.1 Å². The molecule has 0 radical (unpaired) electrons. The summed E-state index contributed by atoms with van der Waals surface area (Å²) in [6.07, 6.45) is 0.978. The van der Waals surface area contributed by atoms with Gasteiger partial charge in [0.1, 0.15) is 5.75 Å². The van der Waals surface area contributed by atoms with E-state index in [-0.39, 0.29) is 11.7 Å². The molecule has 0 aliphatic carbocycles.